The number of aromatic nitrogens is 1. The van der Waals surface area contributed by atoms with Crippen LogP contribution in [0.25, 0.3) is 11.3 Å². The molecule has 1 heterocycles. The number of benzene rings is 2. The van der Waals surface area contributed by atoms with Gasteiger partial charge in [0.1, 0.15) is 5.75 Å². The van der Waals surface area contributed by atoms with Gasteiger partial charge in [-0.05, 0) is 30.9 Å². The van der Waals surface area contributed by atoms with Gasteiger partial charge in [-0.1, -0.05) is 56.3 Å². The maximum atomic E-state index is 12.7. The summed E-state index contributed by atoms with van der Waals surface area (Å²) in [6.45, 7) is 6.43. The minimum atomic E-state index is -0.0897. The van der Waals surface area contributed by atoms with Gasteiger partial charge < -0.3 is 14.1 Å². The number of carbonyl (C=O) groups excluding carboxylic acids is 1. The summed E-state index contributed by atoms with van der Waals surface area (Å²) in [4.78, 5) is 18.9. The van der Waals surface area contributed by atoms with E-state index in [1.165, 1.54) is 5.56 Å². The molecule has 1 atom stereocenters. The molecule has 3 aromatic rings. The first-order valence-electron chi connectivity index (χ1n) is 10.8. The SMILES string of the molecule is COc1ccccc1[C@@H](C)N(C)C(=O)CCc1ncc(-c2ccc(CC(C)C)cc2)o1. The largest absolute Gasteiger partial charge is 0.496 e. The van der Waals surface area contributed by atoms with E-state index in [-0.39, 0.29) is 11.9 Å². The minimum Gasteiger partial charge on any atom is -0.496 e. The highest BCUT2D eigenvalue weighted by atomic mass is 16.5. The van der Waals surface area contributed by atoms with E-state index < -0.39 is 0 Å². The van der Waals surface area contributed by atoms with Crippen molar-refractivity contribution >= 4 is 5.91 Å². The van der Waals surface area contributed by atoms with Gasteiger partial charge in [-0.25, -0.2) is 4.98 Å². The van der Waals surface area contributed by atoms with E-state index in [1.54, 1.807) is 18.2 Å². The molecule has 0 aliphatic heterocycles. The molecule has 31 heavy (non-hydrogen) atoms. The minimum absolute atomic E-state index is 0.0381. The number of nitrogens with zero attached hydrogens (tertiary/aromatic N) is 2. The van der Waals surface area contributed by atoms with Crippen molar-refractivity contribution in [1.82, 2.24) is 9.88 Å². The van der Waals surface area contributed by atoms with E-state index >= 15 is 0 Å². The molecule has 0 unspecified atom stereocenters. The zero-order valence-corrected chi connectivity index (χ0v) is 19.1. The Bertz CT molecular complexity index is 992. The summed E-state index contributed by atoms with van der Waals surface area (Å²) in [6, 6.07) is 16.1. The molecule has 0 spiro atoms. The second-order valence-electron chi connectivity index (χ2n) is 8.34. The van der Waals surface area contributed by atoms with Crippen molar-refractivity contribution in [2.45, 2.75) is 46.1 Å². The average Bonchev–Trinajstić information content (AvgIpc) is 3.25. The van der Waals surface area contributed by atoms with Gasteiger partial charge in [0.2, 0.25) is 5.91 Å². The van der Waals surface area contributed by atoms with E-state index in [0.29, 0.717) is 24.7 Å². The van der Waals surface area contributed by atoms with E-state index in [0.717, 1.165) is 29.1 Å². The van der Waals surface area contributed by atoms with Crippen molar-refractivity contribution in [2.75, 3.05) is 14.2 Å². The molecule has 0 saturated carbocycles. The predicted molar refractivity (Wildman–Crippen MR) is 123 cm³/mol. The van der Waals surface area contributed by atoms with Gasteiger partial charge in [0.15, 0.2) is 11.7 Å². The first-order valence-corrected chi connectivity index (χ1v) is 10.8. The normalized spacial score (nSPS) is 12.1. The van der Waals surface area contributed by atoms with Gasteiger partial charge >= 0.3 is 0 Å². The molecule has 0 saturated heterocycles. The number of hydrogen-bond acceptors (Lipinski definition) is 4. The van der Waals surface area contributed by atoms with Gasteiger partial charge in [0.25, 0.3) is 0 Å². The van der Waals surface area contributed by atoms with E-state index in [1.807, 2.05) is 38.2 Å². The monoisotopic (exact) mass is 420 g/mol. The number of amides is 1. The number of methoxy groups -OCH3 is 1. The number of ether oxygens (including phenoxy) is 1. The summed E-state index contributed by atoms with van der Waals surface area (Å²) in [5.41, 5.74) is 3.30. The van der Waals surface area contributed by atoms with Crippen molar-refractivity contribution < 1.29 is 13.9 Å². The molecule has 5 nitrogen and oxygen atoms in total. The maximum absolute atomic E-state index is 12.7. The van der Waals surface area contributed by atoms with Crippen molar-refractivity contribution in [2.24, 2.45) is 5.92 Å². The van der Waals surface area contributed by atoms with Gasteiger partial charge in [-0.2, -0.15) is 0 Å². The van der Waals surface area contributed by atoms with Crippen molar-refractivity contribution in [3.8, 4) is 17.1 Å². The summed E-state index contributed by atoms with van der Waals surface area (Å²) in [5.74, 6) is 2.76. The van der Waals surface area contributed by atoms with Crippen molar-refractivity contribution in [3.05, 3.63) is 71.7 Å². The lowest BCUT2D eigenvalue weighted by Crippen LogP contribution is -2.30. The Balaban J connectivity index is 1.59. The Kier molecular flexibility index (Phi) is 7.50. The van der Waals surface area contributed by atoms with Crippen LogP contribution in [0.5, 0.6) is 5.75 Å². The van der Waals surface area contributed by atoms with Crippen LogP contribution in [0.4, 0.5) is 0 Å². The van der Waals surface area contributed by atoms with Crippen molar-refractivity contribution in [1.29, 1.82) is 0 Å². The summed E-state index contributed by atoms with van der Waals surface area (Å²) in [6.07, 6.45) is 3.60. The first-order chi connectivity index (χ1) is 14.9. The second-order valence-corrected chi connectivity index (χ2v) is 8.34. The molecular weight excluding hydrogens is 388 g/mol. The van der Waals surface area contributed by atoms with Crippen LogP contribution >= 0.6 is 0 Å². The van der Waals surface area contributed by atoms with Gasteiger partial charge in [-0.3, -0.25) is 4.79 Å². The Morgan fingerprint density at radius 2 is 1.81 bits per heavy atom. The molecule has 1 aromatic heterocycles. The van der Waals surface area contributed by atoms with Gasteiger partial charge in [0, 0.05) is 31.0 Å². The number of para-hydroxylation sites is 1. The fraction of sp³-hybridized carbons (Fsp3) is 0.385. The number of carbonyl (C=O) groups is 1. The van der Waals surface area contributed by atoms with E-state index in [2.05, 4.69) is 43.1 Å². The molecule has 0 radical (unpaired) electrons. The Morgan fingerprint density at radius 3 is 2.48 bits per heavy atom. The molecule has 3 rings (SSSR count). The Labute approximate surface area is 185 Å². The third-order valence-corrected chi connectivity index (χ3v) is 5.55. The summed E-state index contributed by atoms with van der Waals surface area (Å²) >= 11 is 0. The third-order valence-electron chi connectivity index (χ3n) is 5.55. The molecule has 0 aliphatic carbocycles. The number of aryl methyl sites for hydroxylation is 1. The molecule has 2 aromatic carbocycles. The van der Waals surface area contributed by atoms with Gasteiger partial charge in [-0.15, -0.1) is 0 Å². The summed E-state index contributed by atoms with van der Waals surface area (Å²) in [7, 11) is 3.46. The number of rotatable bonds is 9. The molecular formula is C26H32N2O3. The zero-order valence-electron chi connectivity index (χ0n) is 19.1. The lowest BCUT2D eigenvalue weighted by atomic mass is 10.0. The first kappa shape index (κ1) is 22.6. The quantitative estimate of drug-likeness (QED) is 0.445. The van der Waals surface area contributed by atoms with Crippen LogP contribution in [-0.4, -0.2) is 29.9 Å². The number of hydrogen-bond donors (Lipinski definition) is 0. The molecule has 0 fully saturated rings. The molecule has 0 aliphatic rings. The van der Waals surface area contributed by atoms with Crippen molar-refractivity contribution in [3.63, 3.8) is 0 Å². The lowest BCUT2D eigenvalue weighted by Gasteiger charge is -2.26. The van der Waals surface area contributed by atoms with E-state index in [9.17, 15) is 4.79 Å². The van der Waals surface area contributed by atoms with Crippen LogP contribution in [0, 0.1) is 5.92 Å². The maximum Gasteiger partial charge on any atom is 0.223 e. The topological polar surface area (TPSA) is 55.6 Å². The molecule has 0 bridgehead atoms. The Hall–Kier alpha value is -3.08. The summed E-state index contributed by atoms with van der Waals surface area (Å²) < 4.78 is 11.3. The van der Waals surface area contributed by atoms with E-state index in [4.69, 9.17) is 9.15 Å². The highest BCUT2D eigenvalue weighted by molar-refractivity contribution is 5.76. The van der Waals surface area contributed by atoms with Crippen LogP contribution in [0.1, 0.15) is 50.3 Å². The van der Waals surface area contributed by atoms with Crippen LogP contribution in [0.15, 0.2) is 59.1 Å². The molecule has 1 amide bonds. The fourth-order valence-corrected chi connectivity index (χ4v) is 3.66. The highest BCUT2D eigenvalue weighted by Crippen LogP contribution is 2.28. The fourth-order valence-electron chi connectivity index (χ4n) is 3.66. The van der Waals surface area contributed by atoms with Crippen LogP contribution in [0.3, 0.4) is 0 Å². The smallest absolute Gasteiger partial charge is 0.223 e. The van der Waals surface area contributed by atoms with Gasteiger partial charge in [0.05, 0.1) is 19.3 Å². The second kappa shape index (κ2) is 10.3. The third kappa shape index (κ3) is 5.75. The zero-order chi connectivity index (χ0) is 22.4. The van der Waals surface area contributed by atoms with Crippen LogP contribution in [-0.2, 0) is 17.6 Å². The number of oxazole rings is 1. The Morgan fingerprint density at radius 1 is 1.10 bits per heavy atom. The molecule has 164 valence electrons. The molecule has 5 heteroatoms. The van der Waals surface area contributed by atoms with Crippen LogP contribution in [0.2, 0.25) is 0 Å². The standard InChI is InChI=1S/C26H32N2O3/c1-18(2)16-20-10-12-21(13-11-20)24-17-27-25(31-24)14-15-26(29)28(4)19(3)22-8-6-7-9-23(22)30-5/h6-13,17-19H,14-16H2,1-5H3/t19-/m1/s1. The highest BCUT2D eigenvalue weighted by Gasteiger charge is 2.20. The predicted octanol–water partition coefficient (Wildman–Crippen LogP) is 5.70. The van der Waals surface area contributed by atoms with Crippen LogP contribution < -0.4 is 4.74 Å². The lowest BCUT2D eigenvalue weighted by molar-refractivity contribution is -0.131. The molecule has 0 N–H and O–H groups in total. The average molecular weight is 421 g/mol. The summed E-state index contributed by atoms with van der Waals surface area (Å²) in [5, 5.41) is 0.